The fraction of sp³-hybridized carbons (Fsp3) is 0.421. The van der Waals surface area contributed by atoms with E-state index in [1.54, 1.807) is 13.4 Å². The molecule has 142 valence electrons. The highest BCUT2D eigenvalue weighted by molar-refractivity contribution is 14.0. The molecule has 1 aliphatic rings. The largest absolute Gasteiger partial charge is 0.496 e. The van der Waals surface area contributed by atoms with Crippen molar-refractivity contribution in [2.24, 2.45) is 4.99 Å². The summed E-state index contributed by atoms with van der Waals surface area (Å²) >= 11 is 0. The maximum Gasteiger partial charge on any atom is 0.191 e. The molecule has 2 heterocycles. The Hall–Kier alpha value is -1.90. The molecular weight excluding hydrogens is 445 g/mol. The minimum atomic E-state index is 0. The molecule has 0 amide bonds. The third-order valence-electron chi connectivity index (χ3n) is 4.06. The highest BCUT2D eigenvalue weighted by Gasteiger charge is 2.21. The van der Waals surface area contributed by atoms with Gasteiger partial charge in [0, 0.05) is 24.1 Å². The number of nitrogens with zero attached hydrogens (tertiary/aromatic N) is 1. The fourth-order valence-corrected chi connectivity index (χ4v) is 2.89. The zero-order valence-corrected chi connectivity index (χ0v) is 17.7. The van der Waals surface area contributed by atoms with E-state index in [4.69, 9.17) is 13.9 Å². The van der Waals surface area contributed by atoms with Gasteiger partial charge in [-0.05, 0) is 38.1 Å². The van der Waals surface area contributed by atoms with E-state index in [9.17, 15) is 0 Å². The van der Waals surface area contributed by atoms with Crippen LogP contribution in [-0.2, 0) is 19.5 Å². The number of rotatable bonds is 6. The molecule has 0 spiro atoms. The second-order valence-electron chi connectivity index (χ2n) is 6.03. The van der Waals surface area contributed by atoms with Crippen molar-refractivity contribution < 1.29 is 13.9 Å². The highest BCUT2D eigenvalue weighted by Crippen LogP contribution is 2.35. The van der Waals surface area contributed by atoms with Crippen LogP contribution in [0, 0.1) is 0 Å². The third-order valence-corrected chi connectivity index (χ3v) is 4.06. The first-order valence-electron chi connectivity index (χ1n) is 8.60. The van der Waals surface area contributed by atoms with Crippen LogP contribution in [0.15, 0.2) is 39.9 Å². The summed E-state index contributed by atoms with van der Waals surface area (Å²) in [6.45, 7) is 5.98. The van der Waals surface area contributed by atoms with Gasteiger partial charge in [0.25, 0.3) is 0 Å². The lowest BCUT2D eigenvalue weighted by Gasteiger charge is -2.12. The van der Waals surface area contributed by atoms with Crippen LogP contribution >= 0.6 is 24.0 Å². The van der Waals surface area contributed by atoms with Gasteiger partial charge in [0.1, 0.15) is 23.4 Å². The van der Waals surface area contributed by atoms with E-state index in [0.717, 1.165) is 41.7 Å². The van der Waals surface area contributed by atoms with Crippen LogP contribution in [0.25, 0.3) is 0 Å². The van der Waals surface area contributed by atoms with Gasteiger partial charge < -0.3 is 24.5 Å². The smallest absolute Gasteiger partial charge is 0.191 e. The van der Waals surface area contributed by atoms with Crippen LogP contribution in [0.5, 0.6) is 11.5 Å². The summed E-state index contributed by atoms with van der Waals surface area (Å²) in [6.07, 6.45) is 2.80. The number of benzene rings is 1. The molecular formula is C19H26IN3O3. The number of furan rings is 1. The van der Waals surface area contributed by atoms with Crippen LogP contribution in [0.4, 0.5) is 0 Å². The number of hydrogen-bond acceptors (Lipinski definition) is 4. The minimum Gasteiger partial charge on any atom is -0.496 e. The van der Waals surface area contributed by atoms with Gasteiger partial charge in [-0.3, -0.25) is 0 Å². The molecule has 7 heteroatoms. The monoisotopic (exact) mass is 471 g/mol. The van der Waals surface area contributed by atoms with Gasteiger partial charge in [0.2, 0.25) is 0 Å². The molecule has 0 saturated carbocycles. The van der Waals surface area contributed by atoms with Gasteiger partial charge >= 0.3 is 0 Å². The van der Waals surface area contributed by atoms with Crippen LogP contribution in [0.1, 0.15) is 30.7 Å². The third kappa shape index (κ3) is 5.06. The van der Waals surface area contributed by atoms with Gasteiger partial charge in [-0.2, -0.15) is 0 Å². The molecule has 0 fully saturated rings. The number of fused-ring (bicyclic) bond motifs is 1. The molecule has 1 atom stereocenters. The predicted molar refractivity (Wildman–Crippen MR) is 113 cm³/mol. The van der Waals surface area contributed by atoms with Gasteiger partial charge in [-0.15, -0.1) is 24.0 Å². The van der Waals surface area contributed by atoms with Gasteiger partial charge in [0.05, 0.1) is 26.5 Å². The summed E-state index contributed by atoms with van der Waals surface area (Å²) in [5.41, 5.74) is 2.20. The number of hydrogen-bond donors (Lipinski definition) is 2. The zero-order valence-electron chi connectivity index (χ0n) is 15.4. The van der Waals surface area contributed by atoms with Crippen molar-refractivity contribution in [1.82, 2.24) is 10.6 Å². The molecule has 6 nitrogen and oxygen atoms in total. The molecule has 2 N–H and O–H groups in total. The molecule has 3 rings (SSSR count). The van der Waals surface area contributed by atoms with Crippen LogP contribution in [0.2, 0.25) is 0 Å². The van der Waals surface area contributed by atoms with Gasteiger partial charge in [0.15, 0.2) is 5.96 Å². The van der Waals surface area contributed by atoms with Crippen molar-refractivity contribution in [3.05, 3.63) is 47.4 Å². The Bertz CT molecular complexity index is 732. The number of methoxy groups -OCH3 is 1. The average molecular weight is 471 g/mol. The summed E-state index contributed by atoms with van der Waals surface area (Å²) in [5.74, 6) is 3.38. The molecule has 1 aliphatic heterocycles. The number of guanidine groups is 1. The first kappa shape index (κ1) is 20.4. The van der Waals surface area contributed by atoms with E-state index in [1.807, 2.05) is 25.1 Å². The molecule has 0 radical (unpaired) electrons. The Balaban J connectivity index is 0.00000243. The molecule has 0 bridgehead atoms. The normalized spacial score (nSPS) is 15.7. The first-order chi connectivity index (χ1) is 12.2. The lowest BCUT2D eigenvalue weighted by molar-refractivity contribution is 0.254. The summed E-state index contributed by atoms with van der Waals surface area (Å²) in [7, 11) is 1.69. The average Bonchev–Trinajstić information content (AvgIpc) is 3.24. The van der Waals surface area contributed by atoms with Gasteiger partial charge in [-0.25, -0.2) is 4.99 Å². The molecule has 1 aromatic heterocycles. The van der Waals surface area contributed by atoms with E-state index in [2.05, 4.69) is 28.6 Å². The molecule has 26 heavy (non-hydrogen) atoms. The molecule has 0 aliphatic carbocycles. The maximum absolute atomic E-state index is 5.85. The van der Waals surface area contributed by atoms with Gasteiger partial charge in [-0.1, -0.05) is 0 Å². The Kier molecular flexibility index (Phi) is 7.62. The summed E-state index contributed by atoms with van der Waals surface area (Å²) < 4.78 is 16.7. The lowest BCUT2D eigenvalue weighted by Crippen LogP contribution is -2.36. The Labute approximate surface area is 171 Å². The molecule has 1 aromatic carbocycles. The van der Waals surface area contributed by atoms with Crippen LogP contribution in [-0.4, -0.2) is 25.7 Å². The molecule has 0 saturated heterocycles. The molecule has 1 unspecified atom stereocenters. The number of nitrogens with one attached hydrogen (secondary N) is 2. The lowest BCUT2D eigenvalue weighted by atomic mass is 10.1. The molecule has 2 aromatic rings. The summed E-state index contributed by atoms with van der Waals surface area (Å²) in [6, 6.07) is 7.90. The zero-order chi connectivity index (χ0) is 17.6. The minimum absolute atomic E-state index is 0. The van der Waals surface area contributed by atoms with Crippen molar-refractivity contribution in [2.75, 3.05) is 13.7 Å². The SMILES string of the molecule is CCNC(=NCc1cc2c(cc1OC)CC(C)O2)NCc1ccco1.I. The van der Waals surface area contributed by atoms with E-state index >= 15 is 0 Å². The van der Waals surface area contributed by atoms with Crippen molar-refractivity contribution in [1.29, 1.82) is 0 Å². The van der Waals surface area contributed by atoms with Crippen molar-refractivity contribution >= 4 is 29.9 Å². The van der Waals surface area contributed by atoms with Crippen molar-refractivity contribution in [3.63, 3.8) is 0 Å². The number of ether oxygens (including phenoxy) is 2. The van der Waals surface area contributed by atoms with E-state index in [1.165, 1.54) is 5.56 Å². The van der Waals surface area contributed by atoms with Crippen molar-refractivity contribution in [3.8, 4) is 11.5 Å². The first-order valence-corrected chi connectivity index (χ1v) is 8.60. The number of halogens is 1. The quantitative estimate of drug-likeness (QED) is 0.384. The number of aliphatic imine (C=N–C) groups is 1. The topological polar surface area (TPSA) is 68.0 Å². The van der Waals surface area contributed by atoms with Crippen LogP contribution < -0.4 is 20.1 Å². The van der Waals surface area contributed by atoms with E-state index in [-0.39, 0.29) is 30.1 Å². The van der Waals surface area contributed by atoms with Crippen LogP contribution in [0.3, 0.4) is 0 Å². The maximum atomic E-state index is 5.85. The fourth-order valence-electron chi connectivity index (χ4n) is 2.89. The van der Waals surface area contributed by atoms with E-state index < -0.39 is 0 Å². The Morgan fingerprint density at radius 1 is 1.35 bits per heavy atom. The second kappa shape index (κ2) is 9.70. The summed E-state index contributed by atoms with van der Waals surface area (Å²) in [5, 5.41) is 6.50. The predicted octanol–water partition coefficient (Wildman–Crippen LogP) is 3.48. The van der Waals surface area contributed by atoms with E-state index in [0.29, 0.717) is 13.1 Å². The van der Waals surface area contributed by atoms with Crippen molar-refractivity contribution in [2.45, 2.75) is 39.5 Å². The Morgan fingerprint density at radius 2 is 2.19 bits per heavy atom. The Morgan fingerprint density at radius 3 is 2.88 bits per heavy atom. The summed E-state index contributed by atoms with van der Waals surface area (Å²) in [4.78, 5) is 4.65. The standard InChI is InChI=1S/C19H25N3O3.HI/c1-4-20-19(22-12-16-6-5-7-24-16)21-11-15-10-18-14(8-13(2)25-18)9-17(15)23-3;/h5-7,9-10,13H,4,8,11-12H2,1-3H3,(H2,20,21,22);1H. The second-order valence-corrected chi connectivity index (χ2v) is 6.03. The highest BCUT2D eigenvalue weighted by atomic mass is 127.